The summed E-state index contributed by atoms with van der Waals surface area (Å²) in [6.45, 7) is 7.04. The second-order valence-corrected chi connectivity index (χ2v) is 6.36. The zero-order chi connectivity index (χ0) is 17.9. The molecular weight excluding hydrogens is 314 g/mol. The lowest BCUT2D eigenvalue weighted by Crippen LogP contribution is -2.06. The molecule has 1 N–H and O–H groups in total. The molecule has 4 heteroatoms. The maximum atomic E-state index is 5.94. The minimum Gasteiger partial charge on any atom is -0.493 e. The fourth-order valence-electron chi connectivity index (χ4n) is 2.30. The number of hydrogen-bond acceptors (Lipinski definition) is 4. The SMILES string of the molecule is COCCOc1ccc(NCc2ccccc2OCCC(C)C)cc1. The van der Waals surface area contributed by atoms with Gasteiger partial charge < -0.3 is 19.5 Å². The van der Waals surface area contributed by atoms with Gasteiger partial charge >= 0.3 is 0 Å². The number of hydrogen-bond donors (Lipinski definition) is 1. The molecule has 2 rings (SSSR count). The lowest BCUT2D eigenvalue weighted by atomic mass is 10.1. The smallest absolute Gasteiger partial charge is 0.124 e. The molecule has 0 aliphatic rings. The van der Waals surface area contributed by atoms with Crippen LogP contribution in [0.5, 0.6) is 11.5 Å². The van der Waals surface area contributed by atoms with Crippen LogP contribution < -0.4 is 14.8 Å². The predicted molar refractivity (Wildman–Crippen MR) is 103 cm³/mol. The van der Waals surface area contributed by atoms with Gasteiger partial charge in [-0.05, 0) is 42.7 Å². The van der Waals surface area contributed by atoms with Crippen molar-refractivity contribution in [2.24, 2.45) is 5.92 Å². The lowest BCUT2D eigenvalue weighted by Gasteiger charge is -2.14. The topological polar surface area (TPSA) is 39.7 Å². The summed E-state index contributed by atoms with van der Waals surface area (Å²) in [5.74, 6) is 2.45. The highest BCUT2D eigenvalue weighted by atomic mass is 16.5. The van der Waals surface area contributed by atoms with E-state index >= 15 is 0 Å². The van der Waals surface area contributed by atoms with Gasteiger partial charge in [0.05, 0.1) is 13.2 Å². The first-order valence-corrected chi connectivity index (χ1v) is 8.85. The van der Waals surface area contributed by atoms with Gasteiger partial charge in [-0.3, -0.25) is 0 Å². The highest BCUT2D eigenvalue weighted by molar-refractivity contribution is 5.47. The van der Waals surface area contributed by atoms with Crippen LogP contribution in [0, 0.1) is 5.92 Å². The van der Waals surface area contributed by atoms with Gasteiger partial charge in [-0.2, -0.15) is 0 Å². The molecule has 0 aliphatic heterocycles. The third-order valence-corrected chi connectivity index (χ3v) is 3.82. The number of para-hydroxylation sites is 1. The quantitative estimate of drug-likeness (QED) is 0.598. The van der Waals surface area contributed by atoms with E-state index < -0.39 is 0 Å². The van der Waals surface area contributed by atoms with Crippen LogP contribution in [0.2, 0.25) is 0 Å². The van der Waals surface area contributed by atoms with Gasteiger partial charge in [-0.1, -0.05) is 32.0 Å². The summed E-state index contributed by atoms with van der Waals surface area (Å²) in [4.78, 5) is 0. The molecule has 2 aromatic rings. The zero-order valence-corrected chi connectivity index (χ0v) is 15.5. The van der Waals surface area contributed by atoms with Crippen molar-refractivity contribution in [3.05, 3.63) is 54.1 Å². The summed E-state index contributed by atoms with van der Waals surface area (Å²) >= 11 is 0. The molecule has 4 nitrogen and oxygen atoms in total. The van der Waals surface area contributed by atoms with Crippen LogP contribution in [0.1, 0.15) is 25.8 Å². The highest BCUT2D eigenvalue weighted by Gasteiger charge is 2.04. The molecule has 0 bridgehead atoms. The number of anilines is 1. The van der Waals surface area contributed by atoms with Gasteiger partial charge in [0.25, 0.3) is 0 Å². The van der Waals surface area contributed by atoms with Crippen molar-refractivity contribution >= 4 is 5.69 Å². The Morgan fingerprint density at radius 2 is 1.64 bits per heavy atom. The molecular formula is C21H29NO3. The zero-order valence-electron chi connectivity index (χ0n) is 15.5. The largest absolute Gasteiger partial charge is 0.493 e. The van der Waals surface area contributed by atoms with E-state index in [1.165, 1.54) is 0 Å². The van der Waals surface area contributed by atoms with E-state index in [9.17, 15) is 0 Å². The van der Waals surface area contributed by atoms with E-state index in [1.807, 2.05) is 42.5 Å². The van der Waals surface area contributed by atoms with Crippen LogP contribution in [-0.4, -0.2) is 26.9 Å². The predicted octanol–water partition coefficient (Wildman–Crippen LogP) is 4.75. The van der Waals surface area contributed by atoms with Gasteiger partial charge in [-0.15, -0.1) is 0 Å². The van der Waals surface area contributed by atoms with Crippen LogP contribution in [0.4, 0.5) is 5.69 Å². The third kappa shape index (κ3) is 7.06. The molecule has 0 fully saturated rings. The van der Waals surface area contributed by atoms with Crippen molar-refractivity contribution in [1.82, 2.24) is 0 Å². The Labute approximate surface area is 151 Å². The van der Waals surface area contributed by atoms with Crippen LogP contribution in [0.15, 0.2) is 48.5 Å². The summed E-state index contributed by atoms with van der Waals surface area (Å²) < 4.78 is 16.5. The molecule has 0 spiro atoms. The van der Waals surface area contributed by atoms with E-state index in [1.54, 1.807) is 7.11 Å². The van der Waals surface area contributed by atoms with E-state index in [0.29, 0.717) is 19.1 Å². The van der Waals surface area contributed by atoms with E-state index in [4.69, 9.17) is 14.2 Å². The molecule has 0 saturated carbocycles. The Hall–Kier alpha value is -2.20. The van der Waals surface area contributed by atoms with Crippen molar-refractivity contribution in [3.8, 4) is 11.5 Å². The first-order valence-electron chi connectivity index (χ1n) is 8.85. The fourth-order valence-corrected chi connectivity index (χ4v) is 2.30. The molecule has 0 saturated heterocycles. The molecule has 2 aromatic carbocycles. The van der Waals surface area contributed by atoms with Crippen molar-refractivity contribution < 1.29 is 14.2 Å². The Morgan fingerprint density at radius 1 is 0.880 bits per heavy atom. The number of nitrogens with one attached hydrogen (secondary N) is 1. The normalized spacial score (nSPS) is 10.7. The van der Waals surface area contributed by atoms with Crippen LogP contribution in [0.25, 0.3) is 0 Å². The van der Waals surface area contributed by atoms with Crippen molar-refractivity contribution in [3.63, 3.8) is 0 Å². The summed E-state index contributed by atoms with van der Waals surface area (Å²) in [5, 5.41) is 3.43. The van der Waals surface area contributed by atoms with Gasteiger partial charge in [-0.25, -0.2) is 0 Å². The molecule has 136 valence electrons. The third-order valence-electron chi connectivity index (χ3n) is 3.82. The molecule has 0 heterocycles. The number of benzene rings is 2. The molecule has 25 heavy (non-hydrogen) atoms. The van der Waals surface area contributed by atoms with Gasteiger partial charge in [0.2, 0.25) is 0 Å². The van der Waals surface area contributed by atoms with Crippen LogP contribution in [0.3, 0.4) is 0 Å². The monoisotopic (exact) mass is 343 g/mol. The first-order chi connectivity index (χ1) is 12.2. The standard InChI is InChI=1S/C21H29NO3/c1-17(2)12-13-25-21-7-5-4-6-18(21)16-22-19-8-10-20(11-9-19)24-15-14-23-3/h4-11,17,22H,12-16H2,1-3H3. The maximum absolute atomic E-state index is 5.94. The Kier molecular flexibility index (Phi) is 8.13. The van der Waals surface area contributed by atoms with Crippen molar-refractivity contribution in [1.29, 1.82) is 0 Å². The van der Waals surface area contributed by atoms with Gasteiger partial charge in [0, 0.05) is 24.9 Å². The summed E-state index contributed by atoms with van der Waals surface area (Å²) in [6.07, 6.45) is 1.06. The van der Waals surface area contributed by atoms with Gasteiger partial charge in [0.15, 0.2) is 0 Å². The fraction of sp³-hybridized carbons (Fsp3) is 0.429. The summed E-state index contributed by atoms with van der Waals surface area (Å²) in [6, 6.07) is 16.1. The summed E-state index contributed by atoms with van der Waals surface area (Å²) in [5.41, 5.74) is 2.21. The number of ether oxygens (including phenoxy) is 3. The number of methoxy groups -OCH3 is 1. The Balaban J connectivity index is 1.86. The number of rotatable bonds is 11. The molecule has 0 atom stereocenters. The van der Waals surface area contributed by atoms with E-state index in [2.05, 4.69) is 25.2 Å². The molecule has 0 amide bonds. The van der Waals surface area contributed by atoms with E-state index in [0.717, 1.165) is 42.3 Å². The second kappa shape index (κ2) is 10.6. The van der Waals surface area contributed by atoms with E-state index in [-0.39, 0.29) is 0 Å². The van der Waals surface area contributed by atoms with Crippen molar-refractivity contribution in [2.75, 3.05) is 32.2 Å². The molecule has 0 radical (unpaired) electrons. The minimum absolute atomic E-state index is 0.560. The molecule has 0 unspecified atom stereocenters. The Morgan fingerprint density at radius 3 is 2.36 bits per heavy atom. The van der Waals surface area contributed by atoms with Crippen LogP contribution >= 0.6 is 0 Å². The highest BCUT2D eigenvalue weighted by Crippen LogP contribution is 2.21. The lowest BCUT2D eigenvalue weighted by molar-refractivity contribution is 0.146. The molecule has 0 aliphatic carbocycles. The second-order valence-electron chi connectivity index (χ2n) is 6.36. The minimum atomic E-state index is 0.560. The van der Waals surface area contributed by atoms with Crippen LogP contribution in [-0.2, 0) is 11.3 Å². The van der Waals surface area contributed by atoms with Gasteiger partial charge in [0.1, 0.15) is 18.1 Å². The van der Waals surface area contributed by atoms with Crippen molar-refractivity contribution in [2.45, 2.75) is 26.8 Å². The maximum Gasteiger partial charge on any atom is 0.124 e. The average molecular weight is 343 g/mol. The first kappa shape index (κ1) is 19.1. The molecule has 0 aromatic heterocycles. The summed E-state index contributed by atoms with van der Waals surface area (Å²) in [7, 11) is 1.67. The Bertz CT molecular complexity index is 611. The average Bonchev–Trinajstić information content (AvgIpc) is 2.62.